The van der Waals surface area contributed by atoms with Crippen LogP contribution in [0.15, 0.2) is 30.3 Å². The van der Waals surface area contributed by atoms with Gasteiger partial charge in [0.1, 0.15) is 11.5 Å². The van der Waals surface area contributed by atoms with Gasteiger partial charge in [0.25, 0.3) is 5.91 Å². The maximum absolute atomic E-state index is 13.3. The van der Waals surface area contributed by atoms with Crippen LogP contribution in [0, 0.1) is 5.82 Å². The molecule has 0 aliphatic carbocycles. The number of aromatic nitrogens is 2. The van der Waals surface area contributed by atoms with Crippen LogP contribution in [0.25, 0.3) is 0 Å². The summed E-state index contributed by atoms with van der Waals surface area (Å²) in [7, 11) is 0. The van der Waals surface area contributed by atoms with E-state index < -0.39 is 5.91 Å². The molecule has 1 aliphatic rings. The number of nitrogens with zero attached hydrogens (tertiary/aromatic N) is 3. The van der Waals surface area contributed by atoms with E-state index in [2.05, 4.69) is 15.3 Å². The van der Waals surface area contributed by atoms with Crippen molar-refractivity contribution in [3.05, 3.63) is 53.1 Å². The number of benzene rings is 1. The fourth-order valence-electron chi connectivity index (χ4n) is 3.03. The lowest BCUT2D eigenvalue weighted by Crippen LogP contribution is -2.37. The lowest BCUT2D eigenvalue weighted by atomic mass is 10.1. The van der Waals surface area contributed by atoms with Crippen molar-refractivity contribution < 1.29 is 14.0 Å². The molecular formula is C19H22FN5O2. The summed E-state index contributed by atoms with van der Waals surface area (Å²) in [6.07, 6.45) is 0.193. The second kappa shape index (κ2) is 7.69. The van der Waals surface area contributed by atoms with Gasteiger partial charge in [-0.2, -0.15) is 0 Å². The Bertz CT molecular complexity index is 871. The molecule has 3 N–H and O–H groups in total. The van der Waals surface area contributed by atoms with E-state index >= 15 is 0 Å². The van der Waals surface area contributed by atoms with Gasteiger partial charge in [-0.1, -0.05) is 26.0 Å². The van der Waals surface area contributed by atoms with Gasteiger partial charge >= 0.3 is 0 Å². The molecule has 0 radical (unpaired) electrons. The molecule has 1 saturated heterocycles. The van der Waals surface area contributed by atoms with Crippen molar-refractivity contribution in [2.45, 2.75) is 38.8 Å². The third-order valence-electron chi connectivity index (χ3n) is 4.40. The average Bonchev–Trinajstić information content (AvgIpc) is 2.93. The van der Waals surface area contributed by atoms with Gasteiger partial charge in [-0.05, 0) is 29.7 Å². The third kappa shape index (κ3) is 4.58. The second-order valence-corrected chi connectivity index (χ2v) is 6.97. The summed E-state index contributed by atoms with van der Waals surface area (Å²) in [6, 6.07) is 7.40. The van der Waals surface area contributed by atoms with E-state index in [0.717, 1.165) is 0 Å². The molecule has 0 spiro atoms. The Hall–Kier alpha value is -3.03. The Morgan fingerprint density at radius 1 is 1.37 bits per heavy atom. The number of hydrogen-bond donors (Lipinski definition) is 2. The van der Waals surface area contributed by atoms with Crippen LogP contribution in [0.1, 0.15) is 47.9 Å². The van der Waals surface area contributed by atoms with E-state index in [0.29, 0.717) is 24.3 Å². The van der Waals surface area contributed by atoms with Gasteiger partial charge in [0.05, 0.1) is 6.04 Å². The van der Waals surface area contributed by atoms with Crippen molar-refractivity contribution >= 4 is 17.8 Å². The van der Waals surface area contributed by atoms with E-state index in [9.17, 15) is 14.0 Å². The van der Waals surface area contributed by atoms with Crippen molar-refractivity contribution in [3.63, 3.8) is 0 Å². The highest BCUT2D eigenvalue weighted by Gasteiger charge is 2.31. The molecule has 1 fully saturated rings. The summed E-state index contributed by atoms with van der Waals surface area (Å²) in [4.78, 5) is 34.4. The zero-order valence-electron chi connectivity index (χ0n) is 15.3. The Morgan fingerprint density at radius 2 is 2.15 bits per heavy atom. The zero-order chi connectivity index (χ0) is 19.6. The van der Waals surface area contributed by atoms with Crippen LogP contribution in [0.2, 0.25) is 0 Å². The number of likely N-dealkylation sites (tertiary alicyclic amines) is 1. The van der Waals surface area contributed by atoms with Gasteiger partial charge in [0.2, 0.25) is 11.9 Å². The minimum atomic E-state index is -0.392. The van der Waals surface area contributed by atoms with Crippen LogP contribution in [0.4, 0.5) is 10.3 Å². The Morgan fingerprint density at radius 3 is 2.85 bits per heavy atom. The number of carbonyl (C=O) groups is 2. The fourth-order valence-corrected chi connectivity index (χ4v) is 3.03. The van der Waals surface area contributed by atoms with Crippen LogP contribution in [0.5, 0.6) is 0 Å². The highest BCUT2D eigenvalue weighted by atomic mass is 19.1. The number of halogens is 1. The van der Waals surface area contributed by atoms with Crippen LogP contribution >= 0.6 is 0 Å². The predicted octanol–water partition coefficient (Wildman–Crippen LogP) is 1.85. The molecule has 1 aromatic heterocycles. The Kier molecular flexibility index (Phi) is 5.34. The summed E-state index contributed by atoms with van der Waals surface area (Å²) in [5.41, 5.74) is 7.26. The maximum atomic E-state index is 13.3. The number of hydrogen-bond acceptors (Lipinski definition) is 5. The van der Waals surface area contributed by atoms with Crippen molar-refractivity contribution in [2.24, 2.45) is 0 Å². The number of carbonyl (C=O) groups excluding carboxylic acids is 2. The Balaban J connectivity index is 1.65. The summed E-state index contributed by atoms with van der Waals surface area (Å²) in [5, 5.41) is 2.82. The summed E-state index contributed by atoms with van der Waals surface area (Å²) >= 11 is 0. The fraction of sp³-hybridized carbons (Fsp3) is 0.368. The smallest absolute Gasteiger partial charge is 0.270 e. The number of rotatable bonds is 5. The third-order valence-corrected chi connectivity index (χ3v) is 4.40. The van der Waals surface area contributed by atoms with Crippen LogP contribution in [0.3, 0.4) is 0 Å². The molecule has 2 amide bonds. The molecule has 2 aromatic rings. The van der Waals surface area contributed by atoms with Gasteiger partial charge in [0, 0.05) is 25.2 Å². The van der Waals surface area contributed by atoms with E-state index in [4.69, 9.17) is 5.73 Å². The molecule has 1 aromatic carbocycles. The molecule has 0 saturated carbocycles. The minimum Gasteiger partial charge on any atom is -0.368 e. The van der Waals surface area contributed by atoms with Crippen LogP contribution < -0.4 is 11.1 Å². The summed E-state index contributed by atoms with van der Waals surface area (Å²) in [6.45, 7) is 4.56. The number of anilines is 1. The highest BCUT2D eigenvalue weighted by Crippen LogP contribution is 2.17. The van der Waals surface area contributed by atoms with E-state index in [-0.39, 0.29) is 41.7 Å². The average molecular weight is 371 g/mol. The molecule has 0 bridgehead atoms. The first kappa shape index (κ1) is 18.8. The highest BCUT2D eigenvalue weighted by molar-refractivity contribution is 5.93. The molecule has 1 aliphatic heterocycles. The molecule has 3 rings (SSSR count). The van der Waals surface area contributed by atoms with Crippen molar-refractivity contribution in [1.29, 1.82) is 0 Å². The summed E-state index contributed by atoms with van der Waals surface area (Å²) < 4.78 is 13.3. The first-order valence-corrected chi connectivity index (χ1v) is 8.79. The first-order chi connectivity index (χ1) is 12.8. The molecule has 1 atom stereocenters. The number of nitrogens with one attached hydrogen (secondary N) is 1. The zero-order valence-corrected chi connectivity index (χ0v) is 15.3. The first-order valence-electron chi connectivity index (χ1n) is 8.79. The minimum absolute atomic E-state index is 0.0431. The molecule has 0 unspecified atom stereocenters. The molecule has 2 heterocycles. The van der Waals surface area contributed by atoms with Crippen molar-refractivity contribution in [2.75, 3.05) is 12.3 Å². The van der Waals surface area contributed by atoms with Crippen LogP contribution in [-0.4, -0.2) is 39.3 Å². The molecule has 142 valence electrons. The van der Waals surface area contributed by atoms with Gasteiger partial charge in [-0.25, -0.2) is 14.4 Å². The molecular weight excluding hydrogens is 349 g/mol. The molecule has 27 heavy (non-hydrogen) atoms. The number of nitrogen functional groups attached to an aromatic ring is 1. The van der Waals surface area contributed by atoms with E-state index in [1.165, 1.54) is 12.1 Å². The number of amides is 2. The Labute approximate surface area is 156 Å². The van der Waals surface area contributed by atoms with Crippen LogP contribution in [-0.2, 0) is 11.3 Å². The van der Waals surface area contributed by atoms with Gasteiger partial charge < -0.3 is 16.0 Å². The van der Waals surface area contributed by atoms with Gasteiger partial charge in [0.15, 0.2) is 0 Å². The SMILES string of the molecule is CC(C)c1cc(C(=O)N[C@@H]2CC(=O)N(Cc3cccc(F)c3)C2)nc(N)n1. The van der Waals surface area contributed by atoms with E-state index in [1.54, 1.807) is 23.1 Å². The summed E-state index contributed by atoms with van der Waals surface area (Å²) in [5.74, 6) is -0.671. The largest absolute Gasteiger partial charge is 0.368 e. The molecule has 8 heteroatoms. The lowest BCUT2D eigenvalue weighted by Gasteiger charge is -2.17. The van der Waals surface area contributed by atoms with E-state index in [1.807, 2.05) is 13.8 Å². The normalized spacial score (nSPS) is 16.8. The maximum Gasteiger partial charge on any atom is 0.270 e. The molecule has 7 nitrogen and oxygen atoms in total. The van der Waals surface area contributed by atoms with Crippen molar-refractivity contribution in [1.82, 2.24) is 20.2 Å². The van der Waals surface area contributed by atoms with Gasteiger partial charge in [-0.15, -0.1) is 0 Å². The van der Waals surface area contributed by atoms with Crippen molar-refractivity contribution in [3.8, 4) is 0 Å². The van der Waals surface area contributed by atoms with Gasteiger partial charge in [-0.3, -0.25) is 9.59 Å². The lowest BCUT2D eigenvalue weighted by molar-refractivity contribution is -0.128. The predicted molar refractivity (Wildman–Crippen MR) is 98.2 cm³/mol. The quantitative estimate of drug-likeness (QED) is 0.835. The monoisotopic (exact) mass is 371 g/mol. The standard InChI is InChI=1S/C19H22FN5O2/c1-11(2)15-8-16(24-19(21)23-15)18(27)22-14-7-17(26)25(10-14)9-12-4-3-5-13(20)6-12/h3-6,8,11,14H,7,9-10H2,1-2H3,(H,22,27)(H2,21,23,24)/t14-/m1/s1. The second-order valence-electron chi connectivity index (χ2n) is 6.97. The number of nitrogens with two attached hydrogens (primary N) is 1. The topological polar surface area (TPSA) is 101 Å².